The standard InChI is InChI=1S/C13H21NO4/c1-13(12(16)17)6-4-7-14(9-13)11(15)10-5-2-3-8-18-10/h10H,2-9H2,1H3,(H,16,17). The predicted octanol–water partition coefficient (Wildman–Crippen LogP) is 1.27. The molecule has 1 amide bonds. The summed E-state index contributed by atoms with van der Waals surface area (Å²) in [5.41, 5.74) is -0.803. The van der Waals surface area contributed by atoms with E-state index in [1.54, 1.807) is 11.8 Å². The van der Waals surface area contributed by atoms with Crippen molar-refractivity contribution in [3.05, 3.63) is 0 Å². The van der Waals surface area contributed by atoms with Gasteiger partial charge in [-0.25, -0.2) is 0 Å². The van der Waals surface area contributed by atoms with E-state index in [1.165, 1.54) is 0 Å². The average Bonchev–Trinajstić information content (AvgIpc) is 2.39. The highest BCUT2D eigenvalue weighted by Crippen LogP contribution is 2.30. The number of hydrogen-bond donors (Lipinski definition) is 1. The maximum absolute atomic E-state index is 12.3. The smallest absolute Gasteiger partial charge is 0.311 e. The number of hydrogen-bond acceptors (Lipinski definition) is 3. The lowest BCUT2D eigenvalue weighted by Gasteiger charge is -2.39. The van der Waals surface area contributed by atoms with E-state index in [4.69, 9.17) is 4.74 Å². The van der Waals surface area contributed by atoms with Crippen LogP contribution in [0.15, 0.2) is 0 Å². The minimum atomic E-state index is -0.815. The molecule has 2 aliphatic rings. The Bertz CT molecular complexity index is 338. The topological polar surface area (TPSA) is 66.8 Å². The van der Waals surface area contributed by atoms with E-state index in [0.29, 0.717) is 26.1 Å². The first-order chi connectivity index (χ1) is 8.53. The van der Waals surface area contributed by atoms with Crippen LogP contribution >= 0.6 is 0 Å². The maximum Gasteiger partial charge on any atom is 0.311 e. The molecule has 0 aromatic rings. The van der Waals surface area contributed by atoms with Gasteiger partial charge in [0.25, 0.3) is 5.91 Å². The minimum absolute atomic E-state index is 0.0260. The maximum atomic E-state index is 12.3. The molecule has 1 N–H and O–H groups in total. The van der Waals surface area contributed by atoms with Gasteiger partial charge in [0, 0.05) is 19.7 Å². The highest BCUT2D eigenvalue weighted by Gasteiger charge is 2.40. The zero-order valence-corrected chi connectivity index (χ0v) is 10.9. The lowest BCUT2D eigenvalue weighted by atomic mass is 9.82. The molecule has 0 aromatic carbocycles. The Labute approximate surface area is 107 Å². The molecule has 0 bridgehead atoms. The third kappa shape index (κ3) is 2.66. The lowest BCUT2D eigenvalue weighted by molar-refractivity contribution is -0.158. The van der Waals surface area contributed by atoms with E-state index in [0.717, 1.165) is 25.7 Å². The Morgan fingerprint density at radius 2 is 2.11 bits per heavy atom. The molecule has 0 radical (unpaired) electrons. The van der Waals surface area contributed by atoms with E-state index in [9.17, 15) is 14.7 Å². The summed E-state index contributed by atoms with van der Waals surface area (Å²) in [4.78, 5) is 25.2. The van der Waals surface area contributed by atoms with Crippen molar-refractivity contribution in [1.29, 1.82) is 0 Å². The van der Waals surface area contributed by atoms with Crippen molar-refractivity contribution in [1.82, 2.24) is 4.90 Å². The second-order valence-corrected chi connectivity index (χ2v) is 5.58. The number of carboxylic acid groups (broad SMARTS) is 1. The molecule has 102 valence electrons. The molecule has 2 fully saturated rings. The van der Waals surface area contributed by atoms with Crippen molar-refractivity contribution in [3.63, 3.8) is 0 Å². The van der Waals surface area contributed by atoms with E-state index < -0.39 is 11.4 Å². The molecule has 0 saturated carbocycles. The Balaban J connectivity index is 1.99. The van der Waals surface area contributed by atoms with Crippen LogP contribution in [0.1, 0.15) is 39.0 Å². The first kappa shape index (κ1) is 13.3. The first-order valence-corrected chi connectivity index (χ1v) is 6.67. The molecule has 2 atom stereocenters. The van der Waals surface area contributed by atoms with Crippen LogP contribution in [-0.2, 0) is 14.3 Å². The van der Waals surface area contributed by atoms with Gasteiger partial charge < -0.3 is 14.7 Å². The van der Waals surface area contributed by atoms with Gasteiger partial charge in [-0.2, -0.15) is 0 Å². The molecule has 0 spiro atoms. The average molecular weight is 255 g/mol. The Morgan fingerprint density at radius 3 is 2.72 bits per heavy atom. The van der Waals surface area contributed by atoms with Crippen LogP contribution in [0.4, 0.5) is 0 Å². The van der Waals surface area contributed by atoms with Crippen molar-refractivity contribution in [3.8, 4) is 0 Å². The molecule has 2 unspecified atom stereocenters. The summed E-state index contributed by atoms with van der Waals surface area (Å²) in [6, 6.07) is 0. The first-order valence-electron chi connectivity index (χ1n) is 6.67. The van der Waals surface area contributed by atoms with E-state index in [2.05, 4.69) is 0 Å². The normalized spacial score (nSPS) is 33.2. The van der Waals surface area contributed by atoms with Crippen molar-refractivity contribution in [2.45, 2.75) is 45.1 Å². The predicted molar refractivity (Wildman–Crippen MR) is 65.1 cm³/mol. The lowest BCUT2D eigenvalue weighted by Crippen LogP contribution is -2.52. The number of carbonyl (C=O) groups excluding carboxylic acids is 1. The molecule has 2 heterocycles. The van der Waals surface area contributed by atoms with Gasteiger partial charge in [-0.15, -0.1) is 0 Å². The summed E-state index contributed by atoms with van der Waals surface area (Å²) >= 11 is 0. The van der Waals surface area contributed by atoms with Crippen molar-refractivity contribution in [2.75, 3.05) is 19.7 Å². The number of carbonyl (C=O) groups is 2. The fourth-order valence-electron chi connectivity index (χ4n) is 2.74. The fourth-order valence-corrected chi connectivity index (χ4v) is 2.74. The summed E-state index contributed by atoms with van der Waals surface area (Å²) < 4.78 is 5.48. The van der Waals surface area contributed by atoms with Gasteiger partial charge in [-0.1, -0.05) is 0 Å². The molecule has 5 heteroatoms. The summed E-state index contributed by atoms with van der Waals surface area (Å²) in [7, 11) is 0. The van der Waals surface area contributed by atoms with Crippen LogP contribution in [0.5, 0.6) is 0 Å². The second-order valence-electron chi connectivity index (χ2n) is 5.58. The number of amides is 1. The third-order valence-electron chi connectivity index (χ3n) is 3.98. The van der Waals surface area contributed by atoms with Crippen molar-refractivity contribution in [2.24, 2.45) is 5.41 Å². The highest BCUT2D eigenvalue weighted by atomic mass is 16.5. The monoisotopic (exact) mass is 255 g/mol. The zero-order valence-electron chi connectivity index (χ0n) is 10.9. The Hall–Kier alpha value is -1.10. The summed E-state index contributed by atoms with van der Waals surface area (Å²) in [6.45, 7) is 3.32. The number of piperidine rings is 1. The van der Waals surface area contributed by atoms with Crippen LogP contribution in [-0.4, -0.2) is 47.7 Å². The number of nitrogens with zero attached hydrogens (tertiary/aromatic N) is 1. The van der Waals surface area contributed by atoms with E-state index >= 15 is 0 Å². The second kappa shape index (κ2) is 5.26. The van der Waals surface area contributed by atoms with Crippen molar-refractivity contribution >= 4 is 11.9 Å². The number of aliphatic carboxylic acids is 1. The largest absolute Gasteiger partial charge is 0.481 e. The molecular formula is C13H21NO4. The molecule has 2 aliphatic heterocycles. The minimum Gasteiger partial charge on any atom is -0.481 e. The Kier molecular flexibility index (Phi) is 3.90. The summed E-state index contributed by atoms with van der Waals surface area (Å²) in [5.74, 6) is -0.841. The van der Waals surface area contributed by atoms with Crippen LogP contribution < -0.4 is 0 Å². The van der Waals surface area contributed by atoms with Gasteiger partial charge >= 0.3 is 5.97 Å². The van der Waals surface area contributed by atoms with Gasteiger partial charge in [-0.3, -0.25) is 9.59 Å². The highest BCUT2D eigenvalue weighted by molar-refractivity contribution is 5.82. The van der Waals surface area contributed by atoms with E-state index in [-0.39, 0.29) is 12.0 Å². The molecule has 2 rings (SSSR count). The van der Waals surface area contributed by atoms with Crippen molar-refractivity contribution < 1.29 is 19.4 Å². The van der Waals surface area contributed by atoms with Crippen LogP contribution in [0, 0.1) is 5.41 Å². The number of ether oxygens (including phenoxy) is 1. The molecule has 18 heavy (non-hydrogen) atoms. The van der Waals surface area contributed by atoms with E-state index in [1.807, 2.05) is 0 Å². The van der Waals surface area contributed by atoms with Gasteiger partial charge in [0.1, 0.15) is 6.10 Å². The number of likely N-dealkylation sites (tertiary alicyclic amines) is 1. The Morgan fingerprint density at radius 1 is 1.33 bits per heavy atom. The quantitative estimate of drug-likeness (QED) is 0.807. The molecular weight excluding hydrogens is 234 g/mol. The van der Waals surface area contributed by atoms with Crippen LogP contribution in [0.2, 0.25) is 0 Å². The molecule has 2 saturated heterocycles. The molecule has 5 nitrogen and oxygen atoms in total. The zero-order chi connectivity index (χ0) is 13.2. The fraction of sp³-hybridized carbons (Fsp3) is 0.846. The van der Waals surface area contributed by atoms with Crippen LogP contribution in [0.3, 0.4) is 0 Å². The summed E-state index contributed by atoms with van der Waals surface area (Å²) in [6.07, 6.45) is 3.82. The van der Waals surface area contributed by atoms with Crippen LogP contribution in [0.25, 0.3) is 0 Å². The SMILES string of the molecule is CC1(C(=O)O)CCCN(C(=O)C2CCCCO2)C1. The number of carboxylic acids is 1. The van der Waals surface area contributed by atoms with Gasteiger partial charge in [0.2, 0.25) is 0 Å². The van der Waals surface area contributed by atoms with Gasteiger partial charge in [-0.05, 0) is 39.0 Å². The van der Waals surface area contributed by atoms with Gasteiger partial charge in [0.05, 0.1) is 5.41 Å². The number of rotatable bonds is 2. The molecule has 0 aliphatic carbocycles. The van der Waals surface area contributed by atoms with Gasteiger partial charge in [0.15, 0.2) is 0 Å². The molecule has 0 aromatic heterocycles. The third-order valence-corrected chi connectivity index (χ3v) is 3.98. The summed E-state index contributed by atoms with van der Waals surface area (Å²) in [5, 5.41) is 9.24.